The fourth-order valence-electron chi connectivity index (χ4n) is 4.71. The second-order valence-electron chi connectivity index (χ2n) is 8.76. The van der Waals surface area contributed by atoms with Crippen LogP contribution in [-0.4, -0.2) is 42.3 Å². The lowest BCUT2D eigenvalue weighted by molar-refractivity contribution is 0.0926. The van der Waals surface area contributed by atoms with Gasteiger partial charge in [0.05, 0.1) is 24.1 Å². The van der Waals surface area contributed by atoms with Crippen molar-refractivity contribution < 1.29 is 17.9 Å². The van der Waals surface area contributed by atoms with E-state index < -0.39 is 31.8 Å². The highest BCUT2D eigenvalue weighted by atomic mass is 32.2. The quantitative estimate of drug-likeness (QED) is 0.554. The van der Waals surface area contributed by atoms with Crippen LogP contribution in [0.3, 0.4) is 0 Å². The highest BCUT2D eigenvalue weighted by Gasteiger charge is 2.51. The summed E-state index contributed by atoms with van der Waals surface area (Å²) in [5, 5.41) is 8.32. The van der Waals surface area contributed by atoms with Gasteiger partial charge in [0.25, 0.3) is 5.91 Å². The van der Waals surface area contributed by atoms with E-state index in [9.17, 15) is 13.2 Å². The minimum Gasteiger partial charge on any atom is -0.496 e. The lowest BCUT2D eigenvalue weighted by Crippen LogP contribution is -2.58. The number of fused-ring (bicyclic) bond motifs is 1. The van der Waals surface area contributed by atoms with Crippen molar-refractivity contribution in [1.29, 1.82) is 0 Å². The van der Waals surface area contributed by atoms with E-state index in [1.54, 1.807) is 44.3 Å². The Balaban J connectivity index is 1.86. The lowest BCUT2D eigenvalue weighted by Gasteiger charge is -2.44. The molecule has 2 unspecified atom stereocenters. The molecule has 2 aromatic carbocycles. The minimum absolute atomic E-state index is 0.298. The first-order chi connectivity index (χ1) is 15.8. The molecule has 2 atom stereocenters. The van der Waals surface area contributed by atoms with Crippen molar-refractivity contribution in [1.82, 2.24) is 15.5 Å². The second kappa shape index (κ2) is 9.02. The van der Waals surface area contributed by atoms with Gasteiger partial charge in [-0.25, -0.2) is 8.42 Å². The number of aryl methyl sites for hydroxylation is 1. The van der Waals surface area contributed by atoms with E-state index in [2.05, 4.69) is 15.5 Å². The van der Waals surface area contributed by atoms with Crippen molar-refractivity contribution in [2.24, 2.45) is 0 Å². The van der Waals surface area contributed by atoms with E-state index in [1.165, 1.54) is 7.11 Å². The molecule has 3 aromatic rings. The molecule has 1 aliphatic rings. The Morgan fingerprint density at radius 1 is 1.12 bits per heavy atom. The first-order valence-corrected chi connectivity index (χ1v) is 12.6. The minimum atomic E-state index is -3.76. The summed E-state index contributed by atoms with van der Waals surface area (Å²) in [6.45, 7) is 3.31. The van der Waals surface area contributed by atoms with Crippen LogP contribution in [0.25, 0.3) is 0 Å². The molecule has 0 radical (unpaired) electrons. The van der Waals surface area contributed by atoms with Crippen molar-refractivity contribution in [3.63, 3.8) is 0 Å². The number of para-hydroxylation sites is 1. The number of hydrogen-bond donors (Lipinski definition) is 2. The summed E-state index contributed by atoms with van der Waals surface area (Å²) in [4.78, 5) is 13.4. The Hall–Kier alpha value is -3.13. The zero-order chi connectivity index (χ0) is 23.6. The van der Waals surface area contributed by atoms with Gasteiger partial charge in [-0.05, 0) is 56.4 Å². The molecule has 0 saturated heterocycles. The van der Waals surface area contributed by atoms with Gasteiger partial charge in [-0.3, -0.25) is 9.89 Å². The van der Waals surface area contributed by atoms with Crippen LogP contribution in [-0.2, 0) is 28.1 Å². The number of H-pyrrole nitrogens is 1. The standard InChI is InChI=1S/C25H29N3O4S/c1-17(2)33(30,31)24(27-23(29)20-11-7-8-12-22(20)32-3)25(19-9-5-4-6-10-19)14-13-21-18(15-25)16-26-28-21/h4-12,16-17,24H,13-15H2,1-3H3,(H,26,28)(H,27,29). The van der Waals surface area contributed by atoms with Crippen LogP contribution in [0.4, 0.5) is 0 Å². The predicted octanol–water partition coefficient (Wildman–Crippen LogP) is 3.42. The zero-order valence-electron chi connectivity index (χ0n) is 19.0. The predicted molar refractivity (Wildman–Crippen MR) is 127 cm³/mol. The lowest BCUT2D eigenvalue weighted by atomic mass is 9.68. The molecule has 1 heterocycles. The van der Waals surface area contributed by atoms with Gasteiger partial charge in [-0.2, -0.15) is 5.10 Å². The third kappa shape index (κ3) is 4.15. The molecule has 4 rings (SSSR count). The largest absolute Gasteiger partial charge is 0.496 e. The van der Waals surface area contributed by atoms with Crippen molar-refractivity contribution in [2.45, 2.75) is 49.1 Å². The smallest absolute Gasteiger partial charge is 0.256 e. The van der Waals surface area contributed by atoms with Crippen molar-refractivity contribution in [3.8, 4) is 5.75 Å². The second-order valence-corrected chi connectivity index (χ2v) is 11.4. The van der Waals surface area contributed by atoms with E-state index in [-0.39, 0.29) is 0 Å². The number of sulfone groups is 1. The van der Waals surface area contributed by atoms with Crippen molar-refractivity contribution in [3.05, 3.63) is 83.2 Å². The van der Waals surface area contributed by atoms with Gasteiger partial charge in [-0.15, -0.1) is 0 Å². The van der Waals surface area contributed by atoms with Crippen LogP contribution in [0.15, 0.2) is 60.8 Å². The van der Waals surface area contributed by atoms with Crippen LogP contribution in [0.1, 0.15) is 47.4 Å². The molecule has 0 saturated carbocycles. The number of ether oxygens (including phenoxy) is 1. The molecular formula is C25H29N3O4S. The van der Waals surface area contributed by atoms with Crippen LogP contribution in [0, 0.1) is 0 Å². The number of benzene rings is 2. The number of rotatable bonds is 7. The summed E-state index contributed by atoms with van der Waals surface area (Å²) in [6.07, 6.45) is 3.40. The molecule has 1 amide bonds. The number of carbonyl (C=O) groups is 1. The van der Waals surface area contributed by atoms with Crippen LogP contribution in [0.5, 0.6) is 5.75 Å². The average molecular weight is 468 g/mol. The number of nitrogens with zero attached hydrogens (tertiary/aromatic N) is 1. The zero-order valence-corrected chi connectivity index (χ0v) is 19.9. The van der Waals surface area contributed by atoms with Crippen molar-refractivity contribution in [2.75, 3.05) is 7.11 Å². The molecule has 1 aromatic heterocycles. The van der Waals surface area contributed by atoms with E-state index in [4.69, 9.17) is 4.74 Å². The Kier molecular flexibility index (Phi) is 6.30. The molecule has 0 fully saturated rings. The summed E-state index contributed by atoms with van der Waals surface area (Å²) >= 11 is 0. The Morgan fingerprint density at radius 3 is 2.52 bits per heavy atom. The molecule has 1 aliphatic carbocycles. The number of hydrogen-bond acceptors (Lipinski definition) is 5. The molecule has 174 valence electrons. The SMILES string of the molecule is COc1ccccc1C(=O)NC(C1(c2ccccc2)CCc2[nH]ncc2C1)S(=O)(=O)C(C)C. The fraction of sp³-hybridized carbons (Fsp3) is 0.360. The Morgan fingerprint density at radius 2 is 1.82 bits per heavy atom. The summed E-state index contributed by atoms with van der Waals surface area (Å²) in [7, 11) is -2.27. The summed E-state index contributed by atoms with van der Waals surface area (Å²) in [5.74, 6) is -0.0832. The number of nitrogens with one attached hydrogen (secondary N) is 2. The monoisotopic (exact) mass is 467 g/mol. The topological polar surface area (TPSA) is 101 Å². The number of carbonyl (C=O) groups excluding carboxylic acids is 1. The molecule has 33 heavy (non-hydrogen) atoms. The van der Waals surface area contributed by atoms with Gasteiger partial charge < -0.3 is 10.1 Å². The van der Waals surface area contributed by atoms with Crippen molar-refractivity contribution >= 4 is 15.7 Å². The highest BCUT2D eigenvalue weighted by molar-refractivity contribution is 7.92. The van der Waals surface area contributed by atoms with E-state index in [0.717, 1.165) is 16.8 Å². The number of aromatic amines is 1. The average Bonchev–Trinajstić information content (AvgIpc) is 3.30. The molecule has 8 heteroatoms. The maximum atomic E-state index is 13.8. The summed E-state index contributed by atoms with van der Waals surface area (Å²) in [6, 6.07) is 16.4. The van der Waals surface area contributed by atoms with Gasteiger partial charge in [0.15, 0.2) is 9.84 Å². The van der Waals surface area contributed by atoms with Gasteiger partial charge in [0.1, 0.15) is 11.1 Å². The Bertz CT molecular complexity index is 1240. The van der Waals surface area contributed by atoms with E-state index >= 15 is 0 Å². The first-order valence-electron chi connectivity index (χ1n) is 11.0. The number of methoxy groups -OCH3 is 1. The maximum Gasteiger partial charge on any atom is 0.256 e. The van der Waals surface area contributed by atoms with Crippen LogP contribution in [0.2, 0.25) is 0 Å². The molecule has 2 N–H and O–H groups in total. The fourth-order valence-corrected chi connectivity index (χ4v) is 6.49. The third-order valence-corrected chi connectivity index (χ3v) is 9.12. The molecule has 0 spiro atoms. The van der Waals surface area contributed by atoms with Crippen LogP contribution >= 0.6 is 0 Å². The summed E-state index contributed by atoms with van der Waals surface area (Å²) in [5.41, 5.74) is 2.32. The molecule has 7 nitrogen and oxygen atoms in total. The maximum absolute atomic E-state index is 13.8. The van der Waals surface area contributed by atoms with Gasteiger partial charge >= 0.3 is 0 Å². The molecular weight excluding hydrogens is 438 g/mol. The molecule has 0 aliphatic heterocycles. The van der Waals surface area contributed by atoms with Gasteiger partial charge in [-0.1, -0.05) is 42.5 Å². The van der Waals surface area contributed by atoms with E-state index in [0.29, 0.717) is 30.6 Å². The highest BCUT2D eigenvalue weighted by Crippen LogP contribution is 2.43. The molecule has 0 bridgehead atoms. The number of aromatic nitrogens is 2. The van der Waals surface area contributed by atoms with E-state index in [1.807, 2.05) is 30.3 Å². The number of amides is 1. The normalized spacial score (nSPS) is 19.0. The first kappa shape index (κ1) is 23.0. The van der Waals surface area contributed by atoms with Crippen LogP contribution < -0.4 is 10.1 Å². The third-order valence-electron chi connectivity index (χ3n) is 6.58. The van der Waals surface area contributed by atoms with Gasteiger partial charge in [0.2, 0.25) is 0 Å². The van der Waals surface area contributed by atoms with Gasteiger partial charge in [0, 0.05) is 11.1 Å². The summed E-state index contributed by atoms with van der Waals surface area (Å²) < 4.78 is 33.0. The Labute approximate surface area is 194 Å².